The smallest absolute Gasteiger partial charge is 0.128 e. The molecule has 2 aromatic rings. The highest BCUT2D eigenvalue weighted by Gasteiger charge is 2.18. The molecule has 2 nitrogen and oxygen atoms in total. The number of aromatic amines is 1. The molecule has 0 saturated heterocycles. The summed E-state index contributed by atoms with van der Waals surface area (Å²) in [5.74, 6) is 0. The van der Waals surface area contributed by atoms with Crippen molar-refractivity contribution < 1.29 is 5.11 Å². The van der Waals surface area contributed by atoms with Crippen LogP contribution in [0, 0.1) is 20.8 Å². The van der Waals surface area contributed by atoms with E-state index in [1.807, 2.05) is 26.0 Å². The van der Waals surface area contributed by atoms with Gasteiger partial charge in [-0.1, -0.05) is 0 Å². The number of rotatable bonds is 2. The van der Waals surface area contributed by atoms with Crippen LogP contribution < -0.4 is 0 Å². The summed E-state index contributed by atoms with van der Waals surface area (Å²) < 4.78 is 1.04. The van der Waals surface area contributed by atoms with Crippen molar-refractivity contribution in [3.63, 3.8) is 0 Å². The fraction of sp³-hybridized carbons (Fsp3) is 0.333. The molecule has 0 bridgehead atoms. The Morgan fingerprint density at radius 3 is 2.38 bits per heavy atom. The third kappa shape index (κ3) is 1.97. The molecule has 0 aromatic carbocycles. The van der Waals surface area contributed by atoms with Crippen LogP contribution in [0.3, 0.4) is 0 Å². The summed E-state index contributed by atoms with van der Waals surface area (Å²) in [6.07, 6.45) is -0.552. The number of halogens is 1. The van der Waals surface area contributed by atoms with Crippen molar-refractivity contribution in [3.8, 4) is 0 Å². The summed E-state index contributed by atoms with van der Waals surface area (Å²) in [4.78, 5) is 4.22. The maximum absolute atomic E-state index is 10.3. The molecule has 2 N–H and O–H groups in total. The summed E-state index contributed by atoms with van der Waals surface area (Å²) >= 11 is 4.97. The first-order valence-electron chi connectivity index (χ1n) is 5.09. The van der Waals surface area contributed by atoms with Crippen LogP contribution in [-0.4, -0.2) is 10.1 Å². The molecular formula is C12H14BrNOS. The predicted molar refractivity (Wildman–Crippen MR) is 71.1 cm³/mol. The van der Waals surface area contributed by atoms with Crippen LogP contribution in [0.4, 0.5) is 0 Å². The Balaban J connectivity index is 2.41. The summed E-state index contributed by atoms with van der Waals surface area (Å²) in [5, 5.41) is 10.3. The molecule has 4 heteroatoms. The lowest BCUT2D eigenvalue weighted by Gasteiger charge is -2.08. The largest absolute Gasteiger partial charge is 0.381 e. The fourth-order valence-corrected chi connectivity index (χ4v) is 3.18. The number of aryl methyl sites for hydroxylation is 1. The first-order valence-corrected chi connectivity index (χ1v) is 6.70. The van der Waals surface area contributed by atoms with Crippen molar-refractivity contribution in [2.24, 2.45) is 0 Å². The van der Waals surface area contributed by atoms with Gasteiger partial charge in [-0.2, -0.15) is 0 Å². The monoisotopic (exact) mass is 299 g/mol. The molecule has 16 heavy (non-hydrogen) atoms. The van der Waals surface area contributed by atoms with E-state index in [1.165, 1.54) is 5.56 Å². The third-order valence-corrected chi connectivity index (χ3v) is 4.66. The Morgan fingerprint density at radius 2 is 1.94 bits per heavy atom. The number of aliphatic hydroxyl groups is 1. The third-order valence-electron chi connectivity index (χ3n) is 2.99. The number of aliphatic hydroxyl groups excluding tert-OH is 1. The van der Waals surface area contributed by atoms with E-state index in [0.29, 0.717) is 0 Å². The molecular weight excluding hydrogens is 286 g/mol. The van der Waals surface area contributed by atoms with E-state index in [-0.39, 0.29) is 0 Å². The number of nitrogens with one attached hydrogen (secondary N) is 1. The van der Waals surface area contributed by atoms with E-state index < -0.39 is 6.10 Å². The van der Waals surface area contributed by atoms with Gasteiger partial charge in [0.25, 0.3) is 0 Å². The van der Waals surface area contributed by atoms with E-state index in [2.05, 4.69) is 27.8 Å². The molecule has 0 amide bonds. The highest BCUT2D eigenvalue weighted by molar-refractivity contribution is 9.11. The summed E-state index contributed by atoms with van der Waals surface area (Å²) in [6, 6.07) is 3.91. The topological polar surface area (TPSA) is 36.0 Å². The van der Waals surface area contributed by atoms with E-state index in [1.54, 1.807) is 11.3 Å². The van der Waals surface area contributed by atoms with Crippen molar-refractivity contribution in [2.75, 3.05) is 0 Å². The zero-order valence-electron chi connectivity index (χ0n) is 9.47. The molecule has 2 heterocycles. The quantitative estimate of drug-likeness (QED) is 0.868. The van der Waals surface area contributed by atoms with E-state index in [9.17, 15) is 5.11 Å². The number of hydrogen-bond donors (Lipinski definition) is 2. The van der Waals surface area contributed by atoms with Crippen LogP contribution in [0.25, 0.3) is 0 Å². The molecule has 0 aliphatic rings. The maximum atomic E-state index is 10.3. The Bertz CT molecular complexity index is 515. The summed E-state index contributed by atoms with van der Waals surface area (Å²) in [5.41, 5.74) is 4.41. The normalized spacial score (nSPS) is 13.1. The molecule has 0 aliphatic carbocycles. The zero-order chi connectivity index (χ0) is 11.9. The summed E-state index contributed by atoms with van der Waals surface area (Å²) in [7, 11) is 0. The van der Waals surface area contributed by atoms with Crippen LogP contribution in [0.1, 0.15) is 33.5 Å². The summed E-state index contributed by atoms with van der Waals surface area (Å²) in [6.45, 7) is 6.14. The van der Waals surface area contributed by atoms with Crippen molar-refractivity contribution in [1.82, 2.24) is 4.98 Å². The standard InChI is InChI=1S/C12H14BrNOS/c1-6-7(2)11(14-8(6)3)12(15)9-4-5-10(13)16-9/h4-5,12,14-15H,1-3H3. The number of aromatic nitrogens is 1. The van der Waals surface area contributed by atoms with Gasteiger partial charge < -0.3 is 10.1 Å². The molecule has 86 valence electrons. The highest BCUT2D eigenvalue weighted by atomic mass is 79.9. The van der Waals surface area contributed by atoms with Gasteiger partial charge in [-0.3, -0.25) is 0 Å². The Kier molecular flexibility index (Phi) is 3.24. The SMILES string of the molecule is Cc1[nH]c(C(O)c2ccc(Br)s2)c(C)c1C. The fourth-order valence-electron chi connectivity index (χ4n) is 1.76. The molecule has 2 aromatic heterocycles. The molecule has 1 unspecified atom stereocenters. The van der Waals surface area contributed by atoms with E-state index in [4.69, 9.17) is 0 Å². The van der Waals surface area contributed by atoms with Crippen molar-refractivity contribution in [2.45, 2.75) is 26.9 Å². The van der Waals surface area contributed by atoms with Gasteiger partial charge in [-0.05, 0) is 60.0 Å². The van der Waals surface area contributed by atoms with Crippen LogP contribution in [0.15, 0.2) is 15.9 Å². The van der Waals surface area contributed by atoms with Crippen molar-refractivity contribution in [3.05, 3.63) is 43.3 Å². The van der Waals surface area contributed by atoms with Gasteiger partial charge >= 0.3 is 0 Å². The maximum Gasteiger partial charge on any atom is 0.128 e. The van der Waals surface area contributed by atoms with Gasteiger partial charge in [-0.15, -0.1) is 11.3 Å². The second kappa shape index (κ2) is 4.35. The van der Waals surface area contributed by atoms with Gasteiger partial charge in [0.1, 0.15) is 6.10 Å². The molecule has 0 fully saturated rings. The zero-order valence-corrected chi connectivity index (χ0v) is 11.9. The minimum atomic E-state index is -0.552. The minimum Gasteiger partial charge on any atom is -0.381 e. The van der Waals surface area contributed by atoms with Crippen LogP contribution in [0.5, 0.6) is 0 Å². The second-order valence-corrected chi connectivity index (χ2v) is 6.45. The Hall–Kier alpha value is -0.580. The van der Waals surface area contributed by atoms with Gasteiger partial charge in [0.2, 0.25) is 0 Å². The predicted octanol–water partition coefficient (Wildman–Crippen LogP) is 3.85. The molecule has 0 aliphatic heterocycles. The van der Waals surface area contributed by atoms with E-state index in [0.717, 1.165) is 25.6 Å². The molecule has 0 saturated carbocycles. The van der Waals surface area contributed by atoms with Crippen molar-refractivity contribution >= 4 is 27.3 Å². The Labute approximate surface area is 107 Å². The first kappa shape index (κ1) is 11.9. The van der Waals surface area contributed by atoms with E-state index >= 15 is 0 Å². The van der Waals surface area contributed by atoms with Crippen LogP contribution in [0.2, 0.25) is 0 Å². The average molecular weight is 300 g/mol. The first-order chi connectivity index (χ1) is 7.50. The second-order valence-electron chi connectivity index (χ2n) is 3.96. The lowest BCUT2D eigenvalue weighted by atomic mass is 10.1. The van der Waals surface area contributed by atoms with Crippen LogP contribution >= 0.6 is 27.3 Å². The van der Waals surface area contributed by atoms with Crippen LogP contribution in [-0.2, 0) is 0 Å². The lowest BCUT2D eigenvalue weighted by molar-refractivity contribution is 0.219. The molecule has 0 spiro atoms. The Morgan fingerprint density at radius 1 is 1.25 bits per heavy atom. The van der Waals surface area contributed by atoms with Gasteiger partial charge in [-0.25, -0.2) is 0 Å². The number of hydrogen-bond acceptors (Lipinski definition) is 2. The molecule has 1 atom stereocenters. The number of thiophene rings is 1. The molecule has 2 rings (SSSR count). The van der Waals surface area contributed by atoms with Gasteiger partial charge in [0.05, 0.1) is 9.48 Å². The van der Waals surface area contributed by atoms with Gasteiger partial charge in [0.15, 0.2) is 0 Å². The highest BCUT2D eigenvalue weighted by Crippen LogP contribution is 2.33. The number of H-pyrrole nitrogens is 1. The molecule has 0 radical (unpaired) electrons. The average Bonchev–Trinajstić information content (AvgIpc) is 2.78. The lowest BCUT2D eigenvalue weighted by Crippen LogP contribution is -1.99. The minimum absolute atomic E-state index is 0.552. The van der Waals surface area contributed by atoms with Gasteiger partial charge in [0, 0.05) is 10.6 Å². The van der Waals surface area contributed by atoms with Crippen molar-refractivity contribution in [1.29, 1.82) is 0 Å².